The second-order valence-corrected chi connectivity index (χ2v) is 11.9. The fourth-order valence-electron chi connectivity index (χ4n) is 4.63. The quantitative estimate of drug-likeness (QED) is 0.194. The minimum Gasteiger partial charge on any atom is -0.490 e. The lowest BCUT2D eigenvalue weighted by molar-refractivity contribution is 0.141. The van der Waals surface area contributed by atoms with E-state index >= 15 is 0 Å². The van der Waals surface area contributed by atoms with E-state index in [0.29, 0.717) is 12.0 Å². The number of hydrogen-bond donors (Lipinski definition) is 0. The van der Waals surface area contributed by atoms with Gasteiger partial charge in [-0.2, -0.15) is 4.39 Å². The van der Waals surface area contributed by atoms with Crippen LogP contribution in [0.3, 0.4) is 0 Å². The third kappa shape index (κ3) is 9.30. The molecule has 1 saturated carbocycles. The van der Waals surface area contributed by atoms with E-state index in [1.807, 2.05) is 0 Å². The van der Waals surface area contributed by atoms with Gasteiger partial charge in [-0.25, -0.2) is 4.39 Å². The minimum atomic E-state index is -3.26. The lowest BCUT2D eigenvalue weighted by Gasteiger charge is -2.29. The van der Waals surface area contributed by atoms with Crippen molar-refractivity contribution in [2.24, 2.45) is 5.92 Å². The summed E-state index contributed by atoms with van der Waals surface area (Å²) in [5.41, 5.74) is 0.465. The molecule has 190 valence electrons. The van der Waals surface area contributed by atoms with Crippen LogP contribution in [0.5, 0.6) is 5.75 Å². The van der Waals surface area contributed by atoms with Gasteiger partial charge >= 0.3 is 7.60 Å². The Hall–Kier alpha value is -0.970. The largest absolute Gasteiger partial charge is 0.490 e. The van der Waals surface area contributed by atoms with Gasteiger partial charge in [0.05, 0.1) is 25.0 Å². The van der Waals surface area contributed by atoms with E-state index in [1.165, 1.54) is 31.7 Å². The summed E-state index contributed by atoms with van der Waals surface area (Å²) in [5.74, 6) is -1.03. The molecule has 1 fully saturated rings. The SMILES string of the molecule is CCCCC[C@H]1CC[C@H](c2ccc(OCCCP(=O)(OC(C)C)OC(C)C)c(F)c2F)CC1. The fraction of sp³-hybridized carbons (Fsp3) is 0.769. The van der Waals surface area contributed by atoms with Crippen molar-refractivity contribution >= 4 is 7.60 Å². The minimum absolute atomic E-state index is 0.0724. The summed E-state index contributed by atoms with van der Waals surface area (Å²) in [6.45, 7) is 9.50. The third-order valence-electron chi connectivity index (χ3n) is 6.16. The van der Waals surface area contributed by atoms with Gasteiger partial charge in [0, 0.05) is 0 Å². The third-order valence-corrected chi connectivity index (χ3v) is 8.51. The Bertz CT molecular complexity index is 747. The van der Waals surface area contributed by atoms with Gasteiger partial charge in [-0.1, -0.05) is 38.7 Å². The molecule has 33 heavy (non-hydrogen) atoms. The fourth-order valence-corrected chi connectivity index (χ4v) is 6.69. The van der Waals surface area contributed by atoms with Crippen molar-refractivity contribution in [3.8, 4) is 5.75 Å². The van der Waals surface area contributed by atoms with Gasteiger partial charge in [-0.3, -0.25) is 4.57 Å². The molecule has 0 N–H and O–H groups in total. The summed E-state index contributed by atoms with van der Waals surface area (Å²) < 4.78 is 58.9. The van der Waals surface area contributed by atoms with Crippen LogP contribution in [0.15, 0.2) is 12.1 Å². The molecule has 0 radical (unpaired) electrons. The van der Waals surface area contributed by atoms with Crippen molar-refractivity contribution in [1.29, 1.82) is 0 Å². The molecular formula is C26H43F2O4P. The van der Waals surface area contributed by atoms with E-state index in [4.69, 9.17) is 13.8 Å². The highest BCUT2D eigenvalue weighted by Gasteiger charge is 2.28. The summed E-state index contributed by atoms with van der Waals surface area (Å²) in [5, 5.41) is 0. The van der Waals surface area contributed by atoms with Gasteiger partial charge in [0.2, 0.25) is 5.82 Å². The predicted molar refractivity (Wildman–Crippen MR) is 130 cm³/mol. The van der Waals surface area contributed by atoms with Gasteiger partial charge in [0.1, 0.15) is 0 Å². The van der Waals surface area contributed by atoms with Crippen LogP contribution < -0.4 is 4.74 Å². The lowest BCUT2D eigenvalue weighted by atomic mass is 9.77. The second-order valence-electron chi connectivity index (χ2n) is 9.84. The Morgan fingerprint density at radius 1 is 0.939 bits per heavy atom. The van der Waals surface area contributed by atoms with E-state index < -0.39 is 19.2 Å². The van der Waals surface area contributed by atoms with Crippen LogP contribution >= 0.6 is 7.60 Å². The number of unbranched alkanes of at least 4 members (excludes halogenated alkanes) is 2. The Balaban J connectivity index is 1.88. The Morgan fingerprint density at radius 2 is 1.58 bits per heavy atom. The maximum absolute atomic E-state index is 14.8. The van der Waals surface area contributed by atoms with Crippen LogP contribution in [0, 0.1) is 17.6 Å². The van der Waals surface area contributed by atoms with Crippen molar-refractivity contribution in [3.05, 3.63) is 29.3 Å². The molecule has 1 aliphatic carbocycles. The summed E-state index contributed by atoms with van der Waals surface area (Å²) in [7, 11) is -3.26. The van der Waals surface area contributed by atoms with Crippen molar-refractivity contribution in [3.63, 3.8) is 0 Å². The maximum atomic E-state index is 14.8. The van der Waals surface area contributed by atoms with Gasteiger partial charge in [0.25, 0.3) is 0 Å². The average molecular weight is 489 g/mol. The highest BCUT2D eigenvalue weighted by atomic mass is 31.2. The average Bonchev–Trinajstić information content (AvgIpc) is 2.74. The van der Waals surface area contributed by atoms with Crippen LogP contribution in [-0.2, 0) is 13.6 Å². The van der Waals surface area contributed by atoms with Crippen molar-refractivity contribution in [1.82, 2.24) is 0 Å². The first-order valence-corrected chi connectivity index (χ1v) is 14.4. The van der Waals surface area contributed by atoms with E-state index in [1.54, 1.807) is 33.8 Å². The first kappa shape index (κ1) is 28.3. The van der Waals surface area contributed by atoms with Crippen LogP contribution in [0.1, 0.15) is 104 Å². The Labute approximate surface area is 199 Å². The molecule has 2 rings (SSSR count). The predicted octanol–water partition coefficient (Wildman–Crippen LogP) is 8.63. The molecule has 7 heteroatoms. The standard InChI is InChI=1S/C26H43F2O4P/c1-6-7-8-10-21-11-13-22(14-12-21)23-15-16-24(26(28)25(23)27)30-17-9-18-33(29,31-19(2)3)32-20(4)5/h15-16,19-22H,6-14,17-18H2,1-5H3/t21-,22-. The van der Waals surface area contributed by atoms with E-state index in [2.05, 4.69) is 6.92 Å². The zero-order chi connectivity index (χ0) is 24.4. The number of halogens is 2. The van der Waals surface area contributed by atoms with E-state index in [0.717, 1.165) is 31.6 Å². The zero-order valence-corrected chi connectivity index (χ0v) is 22.0. The smallest absolute Gasteiger partial charge is 0.331 e. The van der Waals surface area contributed by atoms with Crippen LogP contribution in [0.25, 0.3) is 0 Å². The number of hydrogen-bond acceptors (Lipinski definition) is 4. The Morgan fingerprint density at radius 3 is 2.15 bits per heavy atom. The topological polar surface area (TPSA) is 44.8 Å². The first-order valence-electron chi connectivity index (χ1n) is 12.7. The molecular weight excluding hydrogens is 445 g/mol. The molecule has 1 aromatic carbocycles. The summed E-state index contributed by atoms with van der Waals surface area (Å²) in [6.07, 6.45) is 9.05. The summed E-state index contributed by atoms with van der Waals surface area (Å²) in [4.78, 5) is 0. The van der Waals surface area contributed by atoms with Crippen molar-refractivity contribution in [2.75, 3.05) is 12.8 Å². The molecule has 0 aliphatic heterocycles. The molecule has 0 spiro atoms. The summed E-state index contributed by atoms with van der Waals surface area (Å²) >= 11 is 0. The normalized spacial score (nSPS) is 19.4. The number of ether oxygens (including phenoxy) is 1. The number of rotatable bonds is 14. The van der Waals surface area contributed by atoms with E-state index in [9.17, 15) is 13.3 Å². The van der Waals surface area contributed by atoms with Crippen LogP contribution in [0.4, 0.5) is 8.78 Å². The first-order chi connectivity index (χ1) is 15.6. The molecule has 4 nitrogen and oxygen atoms in total. The van der Waals surface area contributed by atoms with E-state index in [-0.39, 0.29) is 36.6 Å². The molecule has 0 unspecified atom stereocenters. The highest BCUT2D eigenvalue weighted by molar-refractivity contribution is 7.53. The van der Waals surface area contributed by atoms with Crippen molar-refractivity contribution in [2.45, 2.75) is 111 Å². The highest BCUT2D eigenvalue weighted by Crippen LogP contribution is 2.51. The molecule has 0 amide bonds. The van der Waals surface area contributed by atoms with Gasteiger partial charge in [-0.05, 0) is 83.3 Å². The molecule has 0 bridgehead atoms. The van der Waals surface area contributed by atoms with Gasteiger partial charge < -0.3 is 13.8 Å². The monoisotopic (exact) mass is 488 g/mol. The molecule has 0 aromatic heterocycles. The molecule has 0 heterocycles. The van der Waals surface area contributed by atoms with Crippen molar-refractivity contribution < 1.29 is 27.1 Å². The maximum Gasteiger partial charge on any atom is 0.331 e. The van der Waals surface area contributed by atoms with Crippen LogP contribution in [0.2, 0.25) is 0 Å². The molecule has 0 saturated heterocycles. The second kappa shape index (κ2) is 13.8. The Kier molecular flexibility index (Phi) is 11.8. The zero-order valence-electron chi connectivity index (χ0n) is 21.1. The lowest BCUT2D eigenvalue weighted by Crippen LogP contribution is -2.15. The summed E-state index contributed by atoms with van der Waals surface area (Å²) in [6, 6.07) is 3.19. The number of benzene rings is 1. The van der Waals surface area contributed by atoms with Gasteiger partial charge in [-0.15, -0.1) is 0 Å². The van der Waals surface area contributed by atoms with Crippen LogP contribution in [-0.4, -0.2) is 25.0 Å². The molecule has 0 atom stereocenters. The molecule has 1 aromatic rings. The molecule has 1 aliphatic rings. The van der Waals surface area contributed by atoms with Gasteiger partial charge in [0.15, 0.2) is 11.6 Å².